The van der Waals surface area contributed by atoms with E-state index in [4.69, 9.17) is 9.47 Å². The molecule has 94 valence electrons. The second kappa shape index (κ2) is 7.68. The molecule has 1 aromatic carbocycles. The molecule has 0 aliphatic heterocycles. The van der Waals surface area contributed by atoms with Gasteiger partial charge in [-0.3, -0.25) is 4.79 Å². The van der Waals surface area contributed by atoms with Crippen molar-refractivity contribution in [3.8, 4) is 5.75 Å². The SMILES string of the molecule is CCOC(=O)CNCCc1cccc(OC)c1. The topological polar surface area (TPSA) is 47.6 Å². The Morgan fingerprint density at radius 1 is 1.41 bits per heavy atom. The molecule has 0 spiro atoms. The van der Waals surface area contributed by atoms with Crippen LogP contribution in [0.4, 0.5) is 0 Å². The fourth-order valence-corrected chi connectivity index (χ4v) is 1.46. The number of carbonyl (C=O) groups excluding carboxylic acids is 1. The fraction of sp³-hybridized carbons (Fsp3) is 0.462. The van der Waals surface area contributed by atoms with Crippen LogP contribution in [0.5, 0.6) is 5.75 Å². The molecule has 0 saturated heterocycles. The van der Waals surface area contributed by atoms with Gasteiger partial charge in [0.25, 0.3) is 0 Å². The molecular weight excluding hydrogens is 218 g/mol. The molecule has 0 bridgehead atoms. The van der Waals surface area contributed by atoms with Gasteiger partial charge >= 0.3 is 5.97 Å². The van der Waals surface area contributed by atoms with Crippen molar-refractivity contribution < 1.29 is 14.3 Å². The molecule has 0 aliphatic rings. The van der Waals surface area contributed by atoms with Crippen molar-refractivity contribution in [1.29, 1.82) is 0 Å². The Morgan fingerprint density at radius 3 is 2.94 bits per heavy atom. The highest BCUT2D eigenvalue weighted by atomic mass is 16.5. The average Bonchev–Trinajstić information content (AvgIpc) is 2.35. The van der Waals surface area contributed by atoms with Crippen LogP contribution in [0.1, 0.15) is 12.5 Å². The van der Waals surface area contributed by atoms with Gasteiger partial charge < -0.3 is 14.8 Å². The molecule has 0 amide bonds. The number of hydrogen-bond acceptors (Lipinski definition) is 4. The fourth-order valence-electron chi connectivity index (χ4n) is 1.46. The van der Waals surface area contributed by atoms with E-state index >= 15 is 0 Å². The third kappa shape index (κ3) is 5.36. The molecule has 0 aliphatic carbocycles. The highest BCUT2D eigenvalue weighted by Gasteiger charge is 2.00. The largest absolute Gasteiger partial charge is 0.497 e. The molecule has 17 heavy (non-hydrogen) atoms. The number of methoxy groups -OCH3 is 1. The Balaban J connectivity index is 2.24. The molecule has 0 unspecified atom stereocenters. The van der Waals surface area contributed by atoms with Crippen molar-refractivity contribution in [2.24, 2.45) is 0 Å². The normalized spacial score (nSPS) is 10.0. The third-order valence-corrected chi connectivity index (χ3v) is 2.30. The van der Waals surface area contributed by atoms with Gasteiger partial charge in [-0.25, -0.2) is 0 Å². The summed E-state index contributed by atoms with van der Waals surface area (Å²) in [6.07, 6.45) is 0.858. The monoisotopic (exact) mass is 237 g/mol. The Labute approximate surface area is 102 Å². The number of esters is 1. The van der Waals surface area contributed by atoms with Crippen molar-refractivity contribution in [2.75, 3.05) is 26.8 Å². The number of carbonyl (C=O) groups is 1. The summed E-state index contributed by atoms with van der Waals surface area (Å²) in [6.45, 7) is 3.23. The summed E-state index contributed by atoms with van der Waals surface area (Å²) in [5, 5.41) is 3.04. The number of hydrogen-bond donors (Lipinski definition) is 1. The van der Waals surface area contributed by atoms with Crippen LogP contribution in [0.15, 0.2) is 24.3 Å². The van der Waals surface area contributed by atoms with Crippen LogP contribution in [0.3, 0.4) is 0 Å². The van der Waals surface area contributed by atoms with E-state index in [1.54, 1.807) is 14.0 Å². The molecule has 0 radical (unpaired) electrons. The lowest BCUT2D eigenvalue weighted by molar-refractivity contribution is -0.141. The van der Waals surface area contributed by atoms with E-state index < -0.39 is 0 Å². The van der Waals surface area contributed by atoms with Crippen LogP contribution >= 0.6 is 0 Å². The summed E-state index contributed by atoms with van der Waals surface area (Å²) in [5.74, 6) is 0.644. The second-order valence-corrected chi connectivity index (χ2v) is 3.58. The maximum atomic E-state index is 11.1. The summed E-state index contributed by atoms with van der Waals surface area (Å²) >= 11 is 0. The summed E-state index contributed by atoms with van der Waals surface area (Å²) in [7, 11) is 1.65. The van der Waals surface area contributed by atoms with Gasteiger partial charge in [-0.2, -0.15) is 0 Å². The van der Waals surface area contributed by atoms with Crippen molar-refractivity contribution >= 4 is 5.97 Å². The first-order valence-corrected chi connectivity index (χ1v) is 5.75. The van der Waals surface area contributed by atoms with Crippen LogP contribution in [-0.2, 0) is 16.0 Å². The van der Waals surface area contributed by atoms with Gasteiger partial charge in [-0.05, 0) is 37.6 Å². The molecule has 4 nitrogen and oxygen atoms in total. The Morgan fingerprint density at radius 2 is 2.24 bits per heavy atom. The lowest BCUT2D eigenvalue weighted by atomic mass is 10.1. The molecule has 0 heterocycles. The van der Waals surface area contributed by atoms with Crippen LogP contribution in [0, 0.1) is 0 Å². The highest BCUT2D eigenvalue weighted by molar-refractivity contribution is 5.71. The molecule has 0 aromatic heterocycles. The predicted molar refractivity (Wildman–Crippen MR) is 66.2 cm³/mol. The first kappa shape index (κ1) is 13.5. The van der Waals surface area contributed by atoms with Crippen molar-refractivity contribution in [3.63, 3.8) is 0 Å². The van der Waals surface area contributed by atoms with Crippen LogP contribution in [0.2, 0.25) is 0 Å². The molecule has 1 aromatic rings. The first-order chi connectivity index (χ1) is 8.26. The second-order valence-electron chi connectivity index (χ2n) is 3.58. The lowest BCUT2D eigenvalue weighted by Gasteiger charge is -2.06. The van der Waals surface area contributed by atoms with Crippen molar-refractivity contribution in [1.82, 2.24) is 5.32 Å². The van der Waals surface area contributed by atoms with E-state index in [-0.39, 0.29) is 12.5 Å². The van der Waals surface area contributed by atoms with E-state index in [0.29, 0.717) is 6.61 Å². The zero-order chi connectivity index (χ0) is 12.5. The minimum Gasteiger partial charge on any atom is -0.497 e. The van der Waals surface area contributed by atoms with E-state index in [9.17, 15) is 4.79 Å². The predicted octanol–water partition coefficient (Wildman–Crippen LogP) is 1.39. The van der Waals surface area contributed by atoms with E-state index in [1.165, 1.54) is 5.56 Å². The van der Waals surface area contributed by atoms with Crippen molar-refractivity contribution in [2.45, 2.75) is 13.3 Å². The third-order valence-electron chi connectivity index (χ3n) is 2.30. The van der Waals surface area contributed by atoms with Gasteiger partial charge in [0.05, 0.1) is 20.3 Å². The lowest BCUT2D eigenvalue weighted by Crippen LogP contribution is -2.26. The van der Waals surface area contributed by atoms with Gasteiger partial charge in [-0.1, -0.05) is 12.1 Å². The van der Waals surface area contributed by atoms with E-state index in [2.05, 4.69) is 5.32 Å². The summed E-state index contributed by atoms with van der Waals surface area (Å²) in [4.78, 5) is 11.1. The maximum Gasteiger partial charge on any atom is 0.319 e. The summed E-state index contributed by atoms with van der Waals surface area (Å²) in [5.41, 5.74) is 1.18. The van der Waals surface area contributed by atoms with Gasteiger partial charge in [0, 0.05) is 0 Å². The number of ether oxygens (including phenoxy) is 2. The molecule has 0 saturated carbocycles. The van der Waals surface area contributed by atoms with Crippen LogP contribution < -0.4 is 10.1 Å². The summed E-state index contributed by atoms with van der Waals surface area (Å²) in [6, 6.07) is 7.90. The zero-order valence-electron chi connectivity index (χ0n) is 10.4. The van der Waals surface area contributed by atoms with Crippen LogP contribution in [0.25, 0.3) is 0 Å². The average molecular weight is 237 g/mol. The Kier molecular flexibility index (Phi) is 6.10. The van der Waals surface area contributed by atoms with Gasteiger partial charge in [-0.15, -0.1) is 0 Å². The molecule has 1 N–H and O–H groups in total. The Bertz CT molecular complexity index is 352. The van der Waals surface area contributed by atoms with Gasteiger partial charge in [0.1, 0.15) is 5.75 Å². The number of benzene rings is 1. The van der Waals surface area contributed by atoms with E-state index in [1.807, 2.05) is 24.3 Å². The van der Waals surface area contributed by atoms with Gasteiger partial charge in [0.2, 0.25) is 0 Å². The molecule has 0 fully saturated rings. The quantitative estimate of drug-likeness (QED) is 0.575. The standard InChI is InChI=1S/C13H19NO3/c1-3-17-13(15)10-14-8-7-11-5-4-6-12(9-11)16-2/h4-6,9,14H,3,7-8,10H2,1-2H3. The first-order valence-electron chi connectivity index (χ1n) is 5.75. The molecule has 0 atom stereocenters. The number of rotatable bonds is 7. The minimum absolute atomic E-state index is 0.210. The van der Waals surface area contributed by atoms with Gasteiger partial charge in [0.15, 0.2) is 0 Å². The zero-order valence-corrected chi connectivity index (χ0v) is 10.4. The molecule has 1 rings (SSSR count). The maximum absolute atomic E-state index is 11.1. The van der Waals surface area contributed by atoms with Crippen molar-refractivity contribution in [3.05, 3.63) is 29.8 Å². The Hall–Kier alpha value is -1.55. The number of nitrogens with one attached hydrogen (secondary N) is 1. The van der Waals surface area contributed by atoms with E-state index in [0.717, 1.165) is 18.7 Å². The smallest absolute Gasteiger partial charge is 0.319 e. The molecule has 4 heteroatoms. The highest BCUT2D eigenvalue weighted by Crippen LogP contribution is 2.12. The van der Waals surface area contributed by atoms with Crippen LogP contribution in [-0.4, -0.2) is 32.8 Å². The summed E-state index contributed by atoms with van der Waals surface area (Å²) < 4.78 is 9.95. The molecular formula is C13H19NO3. The minimum atomic E-state index is -0.210.